The van der Waals surface area contributed by atoms with Gasteiger partial charge in [0.1, 0.15) is 31.4 Å². The Balaban J connectivity index is 1.47. The largest absolute Gasteiger partial charge is 0.465 e. The van der Waals surface area contributed by atoms with E-state index >= 15 is 0 Å². The SMILES string of the molecule is CCOC(=O)CNP(=O)(NCC(=O)OCC)OC[C@H]1O[C@@H](n2cnc3c(NC4CCCC4)nc(Cl)nc32)[C@H](O)[C@@H]1O. The van der Waals surface area contributed by atoms with Crippen molar-refractivity contribution in [2.45, 2.75) is 70.1 Å². The molecule has 5 N–H and O–H groups in total. The van der Waals surface area contributed by atoms with Crippen molar-refractivity contribution in [3.63, 3.8) is 0 Å². The smallest absolute Gasteiger partial charge is 0.341 e. The van der Waals surface area contributed by atoms with Crippen molar-refractivity contribution in [2.75, 3.05) is 38.2 Å². The number of hydrogen-bond donors (Lipinski definition) is 5. The molecule has 1 saturated heterocycles. The normalized spacial score (nSPS) is 23.2. The van der Waals surface area contributed by atoms with E-state index in [1.807, 2.05) is 0 Å². The molecule has 2 fully saturated rings. The number of rotatable bonds is 14. The summed E-state index contributed by atoms with van der Waals surface area (Å²) < 4.78 is 35.8. The summed E-state index contributed by atoms with van der Waals surface area (Å²) in [4.78, 5) is 36.5. The molecule has 4 atom stereocenters. The van der Waals surface area contributed by atoms with Crippen LogP contribution in [0.1, 0.15) is 45.8 Å². The molecule has 2 aliphatic rings. The maximum atomic E-state index is 13.4. The Morgan fingerprint density at radius 1 is 1.10 bits per heavy atom. The highest BCUT2D eigenvalue weighted by molar-refractivity contribution is 7.54. The van der Waals surface area contributed by atoms with Crippen LogP contribution in [-0.4, -0.2) is 98.9 Å². The molecule has 41 heavy (non-hydrogen) atoms. The average molecular weight is 620 g/mol. The molecule has 0 amide bonds. The minimum absolute atomic E-state index is 0.0334. The van der Waals surface area contributed by atoms with Crippen molar-refractivity contribution in [2.24, 2.45) is 0 Å². The second-order valence-electron chi connectivity index (χ2n) is 9.46. The van der Waals surface area contributed by atoms with Gasteiger partial charge in [-0.1, -0.05) is 12.8 Å². The highest BCUT2D eigenvalue weighted by Crippen LogP contribution is 2.40. The summed E-state index contributed by atoms with van der Waals surface area (Å²) in [7, 11) is -4.06. The Morgan fingerprint density at radius 3 is 2.34 bits per heavy atom. The van der Waals surface area contributed by atoms with E-state index in [9.17, 15) is 24.4 Å². The number of nitrogens with one attached hydrogen (secondary N) is 3. The third-order valence-corrected chi connectivity index (χ3v) is 8.43. The van der Waals surface area contributed by atoms with Gasteiger partial charge in [-0.3, -0.25) is 18.7 Å². The van der Waals surface area contributed by atoms with Gasteiger partial charge in [-0.15, -0.1) is 0 Å². The maximum Gasteiger partial charge on any atom is 0.341 e. The standard InChI is InChI=1S/C23H35ClN7O9P/c1-3-37-15(32)9-26-41(36,27-10-16(33)38-4-2)39-11-14-18(34)19(35)22(40-14)31-12-25-17-20(28-13-7-5-6-8-13)29-23(24)30-21(17)31/h12-14,18-19,22,34-35H,3-11H2,1-2H3,(H2,26,27,36)(H,28,29,30)/t14-,18-,19-,22-/m1/s1. The fraction of sp³-hybridized carbons (Fsp3) is 0.696. The number of halogens is 1. The van der Waals surface area contributed by atoms with Gasteiger partial charge < -0.3 is 34.3 Å². The molecule has 1 aliphatic heterocycles. The third kappa shape index (κ3) is 7.90. The number of aromatic nitrogens is 4. The molecule has 0 radical (unpaired) electrons. The molecule has 3 heterocycles. The van der Waals surface area contributed by atoms with Gasteiger partial charge in [-0.2, -0.15) is 9.97 Å². The van der Waals surface area contributed by atoms with E-state index in [1.165, 1.54) is 10.9 Å². The Labute approximate surface area is 241 Å². The number of imidazole rings is 1. The summed E-state index contributed by atoms with van der Waals surface area (Å²) in [5, 5.41) is 29.7. The van der Waals surface area contributed by atoms with Crippen LogP contribution in [0.15, 0.2) is 6.33 Å². The fourth-order valence-electron chi connectivity index (χ4n) is 4.62. The van der Waals surface area contributed by atoms with Crippen molar-refractivity contribution in [1.29, 1.82) is 0 Å². The Morgan fingerprint density at radius 2 is 1.73 bits per heavy atom. The lowest BCUT2D eigenvalue weighted by Gasteiger charge is -2.22. The van der Waals surface area contributed by atoms with Crippen LogP contribution in [0.5, 0.6) is 0 Å². The molecule has 18 heteroatoms. The van der Waals surface area contributed by atoms with E-state index in [4.69, 9.17) is 30.3 Å². The molecular weight excluding hydrogens is 585 g/mol. The Hall–Kier alpha value is -2.43. The lowest BCUT2D eigenvalue weighted by Crippen LogP contribution is -2.37. The van der Waals surface area contributed by atoms with Crippen LogP contribution in [0.25, 0.3) is 11.2 Å². The minimum atomic E-state index is -4.06. The van der Waals surface area contributed by atoms with Crippen LogP contribution in [0, 0.1) is 0 Å². The topological polar surface area (TPSA) is 208 Å². The summed E-state index contributed by atoms with van der Waals surface area (Å²) in [6, 6.07) is 0.233. The molecule has 0 spiro atoms. The van der Waals surface area contributed by atoms with Crippen molar-refractivity contribution in [1.82, 2.24) is 29.7 Å². The molecule has 1 saturated carbocycles. The highest BCUT2D eigenvalue weighted by atomic mass is 35.5. The maximum absolute atomic E-state index is 13.4. The molecule has 2 aromatic rings. The number of hydrogen-bond acceptors (Lipinski definition) is 13. The zero-order valence-corrected chi connectivity index (χ0v) is 24.3. The predicted molar refractivity (Wildman–Crippen MR) is 145 cm³/mol. The van der Waals surface area contributed by atoms with E-state index in [-0.39, 0.29) is 30.2 Å². The average Bonchev–Trinajstić information content (AvgIpc) is 3.66. The van der Waals surface area contributed by atoms with Gasteiger partial charge in [0.05, 0.1) is 26.1 Å². The van der Waals surface area contributed by atoms with E-state index in [2.05, 4.69) is 30.4 Å². The van der Waals surface area contributed by atoms with Crippen LogP contribution in [-0.2, 0) is 32.9 Å². The number of esters is 2. The van der Waals surface area contributed by atoms with Crippen molar-refractivity contribution < 1.29 is 43.1 Å². The van der Waals surface area contributed by atoms with Gasteiger partial charge >= 0.3 is 19.6 Å². The molecule has 0 unspecified atom stereocenters. The van der Waals surface area contributed by atoms with Crippen LogP contribution < -0.4 is 15.5 Å². The van der Waals surface area contributed by atoms with Gasteiger partial charge in [0.25, 0.3) is 0 Å². The van der Waals surface area contributed by atoms with E-state index in [0.717, 1.165) is 25.7 Å². The fourth-order valence-corrected chi connectivity index (χ4v) is 6.11. The molecular formula is C23H35ClN7O9P. The zero-order chi connectivity index (χ0) is 29.6. The van der Waals surface area contributed by atoms with Crippen LogP contribution in [0.4, 0.5) is 5.82 Å². The highest BCUT2D eigenvalue weighted by Gasteiger charge is 2.45. The zero-order valence-electron chi connectivity index (χ0n) is 22.7. The Bertz CT molecular complexity index is 1240. The number of nitrogens with zero attached hydrogens (tertiary/aromatic N) is 4. The van der Waals surface area contributed by atoms with E-state index < -0.39 is 63.8 Å². The molecule has 16 nitrogen and oxygen atoms in total. The summed E-state index contributed by atoms with van der Waals surface area (Å²) in [6.45, 7) is 1.99. The second kappa shape index (κ2) is 14.2. The first-order valence-electron chi connectivity index (χ1n) is 13.4. The summed E-state index contributed by atoms with van der Waals surface area (Å²) >= 11 is 6.20. The van der Waals surface area contributed by atoms with Crippen molar-refractivity contribution in [3.8, 4) is 0 Å². The number of fused-ring (bicyclic) bond motifs is 1. The van der Waals surface area contributed by atoms with Gasteiger partial charge in [0, 0.05) is 6.04 Å². The summed E-state index contributed by atoms with van der Waals surface area (Å²) in [5.41, 5.74) is 0.698. The van der Waals surface area contributed by atoms with Gasteiger partial charge in [0.2, 0.25) is 5.28 Å². The van der Waals surface area contributed by atoms with Crippen LogP contribution >= 0.6 is 19.3 Å². The lowest BCUT2D eigenvalue weighted by molar-refractivity contribution is -0.142. The molecule has 2 aromatic heterocycles. The van der Waals surface area contributed by atoms with Gasteiger partial charge in [-0.25, -0.2) is 15.2 Å². The first kappa shape index (κ1) is 31.5. The number of carbonyl (C=O) groups is 2. The van der Waals surface area contributed by atoms with Crippen molar-refractivity contribution >= 4 is 48.2 Å². The number of ether oxygens (including phenoxy) is 3. The van der Waals surface area contributed by atoms with Crippen LogP contribution in [0.3, 0.4) is 0 Å². The summed E-state index contributed by atoms with van der Waals surface area (Å²) in [6.07, 6.45) is 0.393. The number of anilines is 1. The van der Waals surface area contributed by atoms with Gasteiger partial charge in [-0.05, 0) is 38.3 Å². The number of carbonyl (C=O) groups excluding carboxylic acids is 2. The summed E-state index contributed by atoms with van der Waals surface area (Å²) in [5.74, 6) is -0.937. The molecule has 4 rings (SSSR count). The van der Waals surface area contributed by atoms with E-state index in [1.54, 1.807) is 13.8 Å². The lowest BCUT2D eigenvalue weighted by atomic mass is 10.1. The van der Waals surface area contributed by atoms with Gasteiger partial charge in [0.15, 0.2) is 23.2 Å². The number of aliphatic hydroxyl groups is 2. The number of aliphatic hydroxyl groups excluding tert-OH is 2. The molecule has 228 valence electrons. The van der Waals surface area contributed by atoms with Crippen molar-refractivity contribution in [3.05, 3.63) is 11.6 Å². The monoisotopic (exact) mass is 619 g/mol. The van der Waals surface area contributed by atoms with Crippen LogP contribution in [0.2, 0.25) is 5.28 Å². The minimum Gasteiger partial charge on any atom is -0.465 e. The Kier molecular flexibility index (Phi) is 10.9. The predicted octanol–water partition coefficient (Wildman–Crippen LogP) is 0.884. The quantitative estimate of drug-likeness (QED) is 0.113. The second-order valence-corrected chi connectivity index (χ2v) is 11.8. The molecule has 1 aliphatic carbocycles. The molecule has 0 bridgehead atoms. The molecule has 0 aromatic carbocycles. The first-order valence-corrected chi connectivity index (χ1v) is 15.4. The van der Waals surface area contributed by atoms with E-state index in [0.29, 0.717) is 11.3 Å². The first-order chi connectivity index (χ1) is 19.6. The third-order valence-electron chi connectivity index (χ3n) is 6.60.